The predicted octanol–water partition coefficient (Wildman–Crippen LogP) is 2.99. The van der Waals surface area contributed by atoms with Crippen LogP contribution in [0.3, 0.4) is 0 Å². The number of rotatable bonds is 9. The maximum absolute atomic E-state index is 13.1. The maximum atomic E-state index is 13.1. The van der Waals surface area contributed by atoms with Gasteiger partial charge in [-0.2, -0.15) is 0 Å². The van der Waals surface area contributed by atoms with Crippen LogP contribution >= 0.6 is 0 Å². The molecule has 1 atom stereocenters. The fraction of sp³-hybridized carbons (Fsp3) is 0.407. The van der Waals surface area contributed by atoms with E-state index in [4.69, 9.17) is 15.1 Å². The number of nitrogens with zero attached hydrogens (tertiary/aromatic N) is 4. The second kappa shape index (κ2) is 12.1. The van der Waals surface area contributed by atoms with Crippen LogP contribution in [0.25, 0.3) is 22.2 Å². The Hall–Kier alpha value is -3.96. The van der Waals surface area contributed by atoms with E-state index in [0.29, 0.717) is 18.3 Å². The highest BCUT2D eigenvalue weighted by atomic mass is 16.5. The molecule has 11 heteroatoms. The number of carbonyl (C=O) groups excluding carboxylic acids is 1. The monoisotopic (exact) mass is 519 g/mol. The molecule has 1 unspecified atom stereocenters. The molecule has 11 nitrogen and oxygen atoms in total. The molecule has 0 radical (unpaired) electrons. The first kappa shape index (κ1) is 27.1. The van der Waals surface area contributed by atoms with Crippen molar-refractivity contribution in [2.24, 2.45) is 0 Å². The molecule has 0 saturated carbocycles. The van der Waals surface area contributed by atoms with Gasteiger partial charge in [0.1, 0.15) is 5.70 Å². The Balaban J connectivity index is 1.59. The van der Waals surface area contributed by atoms with Crippen LogP contribution < -0.4 is 16.0 Å². The second-order valence-corrected chi connectivity index (χ2v) is 9.39. The summed E-state index contributed by atoms with van der Waals surface area (Å²) in [6, 6.07) is 5.63. The van der Waals surface area contributed by atoms with Crippen LogP contribution in [0.2, 0.25) is 0 Å². The van der Waals surface area contributed by atoms with Gasteiger partial charge in [-0.25, -0.2) is 9.97 Å². The molecule has 2 aromatic heterocycles. The van der Waals surface area contributed by atoms with Crippen molar-refractivity contribution in [2.75, 3.05) is 57.5 Å². The van der Waals surface area contributed by atoms with Crippen LogP contribution in [0.5, 0.6) is 0 Å². The van der Waals surface area contributed by atoms with Gasteiger partial charge in [-0.3, -0.25) is 15.1 Å². The molecule has 1 saturated heterocycles. The lowest BCUT2D eigenvalue weighted by Gasteiger charge is -2.35. The highest BCUT2D eigenvalue weighted by molar-refractivity contribution is 6.06. The minimum Gasteiger partial charge on any atom is -0.477 e. The number of anilines is 2. The summed E-state index contributed by atoms with van der Waals surface area (Å²) in [4.78, 5) is 30.1. The number of aromatic nitrogens is 3. The van der Waals surface area contributed by atoms with E-state index in [1.807, 2.05) is 45.2 Å². The smallest absolute Gasteiger partial charge is 0.241 e. The van der Waals surface area contributed by atoms with E-state index >= 15 is 0 Å². The SMILES string of the molecule is CCOC(=N)/C(=C\NC)Nc1ncc(C)c(-c2c[nH]c3c(NC(=O)C(C)N4CCN(C)CC4)cccc23)n1. The van der Waals surface area contributed by atoms with Gasteiger partial charge in [0, 0.05) is 62.8 Å². The first-order chi connectivity index (χ1) is 18.3. The number of likely N-dealkylation sites (N-methyl/N-ethyl adjacent to an activating group) is 1. The molecule has 1 amide bonds. The molecule has 0 aliphatic carbocycles. The maximum Gasteiger partial charge on any atom is 0.241 e. The average Bonchev–Trinajstić information content (AvgIpc) is 3.34. The van der Waals surface area contributed by atoms with Gasteiger partial charge >= 0.3 is 0 Å². The number of aryl methyl sites for hydroxylation is 1. The average molecular weight is 520 g/mol. The number of piperazine rings is 1. The molecular formula is C27H37N9O2. The number of para-hydroxylation sites is 1. The molecule has 3 aromatic rings. The summed E-state index contributed by atoms with van der Waals surface area (Å²) in [6.45, 7) is 9.79. The van der Waals surface area contributed by atoms with E-state index in [9.17, 15) is 4.79 Å². The summed E-state index contributed by atoms with van der Waals surface area (Å²) in [7, 11) is 3.85. The lowest BCUT2D eigenvalue weighted by molar-refractivity contribution is -0.121. The number of hydrogen-bond acceptors (Lipinski definition) is 9. The van der Waals surface area contributed by atoms with Gasteiger partial charge in [-0.05, 0) is 39.4 Å². The number of benzene rings is 1. The third-order valence-electron chi connectivity index (χ3n) is 6.73. The number of amides is 1. The molecule has 1 aliphatic heterocycles. The molecule has 1 aliphatic rings. The van der Waals surface area contributed by atoms with Gasteiger partial charge in [-0.15, -0.1) is 0 Å². The van der Waals surface area contributed by atoms with Gasteiger partial charge in [0.15, 0.2) is 0 Å². The number of ether oxygens (including phenoxy) is 1. The molecule has 3 heterocycles. The zero-order valence-electron chi connectivity index (χ0n) is 22.7. The minimum absolute atomic E-state index is 0.00847. The standard InChI is InChI=1S/C27H37N9O2/c1-6-38-25(28)22(16-29-4)33-27-31-14-17(2)23(34-27)20-15-30-24-19(20)8-7-9-21(24)32-26(37)18(3)36-12-10-35(5)11-13-36/h7-9,14-16,18,28-30H,6,10-13H2,1-5H3,(H,32,37)(H,31,33,34)/b22-16+,28-25?. The molecule has 1 fully saturated rings. The van der Waals surface area contributed by atoms with E-state index in [-0.39, 0.29) is 17.8 Å². The summed E-state index contributed by atoms with van der Waals surface area (Å²) in [5, 5.41) is 18.2. The van der Waals surface area contributed by atoms with Crippen LogP contribution in [-0.4, -0.2) is 89.5 Å². The third kappa shape index (κ3) is 5.95. The summed E-state index contributed by atoms with van der Waals surface area (Å²) in [6.07, 6.45) is 5.27. The van der Waals surface area contributed by atoms with Crippen molar-refractivity contribution in [2.45, 2.75) is 26.8 Å². The van der Waals surface area contributed by atoms with E-state index in [1.165, 1.54) is 0 Å². The van der Waals surface area contributed by atoms with Crippen LogP contribution in [0.4, 0.5) is 11.6 Å². The number of carbonyl (C=O) groups is 1. The van der Waals surface area contributed by atoms with Gasteiger partial charge in [0.2, 0.25) is 17.8 Å². The lowest BCUT2D eigenvalue weighted by Crippen LogP contribution is -2.51. The first-order valence-corrected chi connectivity index (χ1v) is 12.9. The van der Waals surface area contributed by atoms with Crippen molar-refractivity contribution in [3.8, 4) is 11.3 Å². The highest BCUT2D eigenvalue weighted by Gasteiger charge is 2.25. The molecule has 38 heavy (non-hydrogen) atoms. The molecule has 1 aromatic carbocycles. The molecule has 4 rings (SSSR count). The Labute approximate surface area is 223 Å². The van der Waals surface area contributed by atoms with Crippen LogP contribution in [0.15, 0.2) is 42.5 Å². The molecular weight excluding hydrogens is 482 g/mol. The summed E-state index contributed by atoms with van der Waals surface area (Å²) >= 11 is 0. The van der Waals surface area contributed by atoms with Crippen molar-refractivity contribution in [3.63, 3.8) is 0 Å². The fourth-order valence-corrected chi connectivity index (χ4v) is 4.49. The topological polar surface area (TPSA) is 134 Å². The van der Waals surface area contributed by atoms with E-state index in [1.54, 1.807) is 19.4 Å². The second-order valence-electron chi connectivity index (χ2n) is 9.39. The highest BCUT2D eigenvalue weighted by Crippen LogP contribution is 2.33. The van der Waals surface area contributed by atoms with Crippen molar-refractivity contribution < 1.29 is 9.53 Å². The number of hydrogen-bond donors (Lipinski definition) is 5. The van der Waals surface area contributed by atoms with Crippen molar-refractivity contribution >= 4 is 34.3 Å². The van der Waals surface area contributed by atoms with Gasteiger partial charge < -0.3 is 30.6 Å². The van der Waals surface area contributed by atoms with Crippen LogP contribution in [0, 0.1) is 12.3 Å². The van der Waals surface area contributed by atoms with Gasteiger partial charge in [-0.1, -0.05) is 12.1 Å². The van der Waals surface area contributed by atoms with Gasteiger partial charge in [0.25, 0.3) is 0 Å². The van der Waals surface area contributed by atoms with E-state index < -0.39 is 0 Å². The van der Waals surface area contributed by atoms with Crippen molar-refractivity contribution in [1.82, 2.24) is 30.1 Å². The molecule has 202 valence electrons. The normalized spacial score (nSPS) is 15.8. The summed E-state index contributed by atoms with van der Waals surface area (Å²) in [5.41, 5.74) is 4.52. The largest absolute Gasteiger partial charge is 0.477 e. The summed E-state index contributed by atoms with van der Waals surface area (Å²) in [5.74, 6) is 0.311. The Morgan fingerprint density at radius 3 is 2.74 bits per heavy atom. The van der Waals surface area contributed by atoms with Crippen LogP contribution in [-0.2, 0) is 9.53 Å². The third-order valence-corrected chi connectivity index (χ3v) is 6.73. The van der Waals surface area contributed by atoms with Crippen molar-refractivity contribution in [3.05, 3.63) is 48.1 Å². The predicted molar refractivity (Wildman–Crippen MR) is 151 cm³/mol. The van der Waals surface area contributed by atoms with Gasteiger partial charge in [0.05, 0.1) is 29.5 Å². The fourth-order valence-electron chi connectivity index (χ4n) is 4.49. The Bertz CT molecular complexity index is 1330. The first-order valence-electron chi connectivity index (χ1n) is 12.9. The Kier molecular flexibility index (Phi) is 8.59. The lowest BCUT2D eigenvalue weighted by atomic mass is 10.1. The Morgan fingerprint density at radius 1 is 1.26 bits per heavy atom. The number of H-pyrrole nitrogens is 1. The Morgan fingerprint density at radius 2 is 2.03 bits per heavy atom. The molecule has 0 bridgehead atoms. The zero-order chi connectivity index (χ0) is 27.2. The number of nitrogens with one attached hydrogen (secondary N) is 5. The zero-order valence-corrected chi connectivity index (χ0v) is 22.7. The quantitative estimate of drug-likeness (QED) is 0.215. The summed E-state index contributed by atoms with van der Waals surface area (Å²) < 4.78 is 5.33. The molecule has 0 spiro atoms. The van der Waals surface area contributed by atoms with Crippen LogP contribution in [0.1, 0.15) is 19.4 Å². The van der Waals surface area contributed by atoms with Crippen molar-refractivity contribution in [1.29, 1.82) is 5.41 Å². The van der Waals surface area contributed by atoms with E-state index in [2.05, 4.69) is 42.8 Å². The molecule has 5 N–H and O–H groups in total. The van der Waals surface area contributed by atoms with E-state index in [0.717, 1.165) is 59.6 Å². The minimum atomic E-state index is -0.221. The number of fused-ring (bicyclic) bond motifs is 1. The number of aromatic amines is 1.